The molecule has 0 atom stereocenters. The summed E-state index contributed by atoms with van der Waals surface area (Å²) in [6.07, 6.45) is 10.9. The minimum Gasteiger partial charge on any atom is -0.474 e. The van der Waals surface area contributed by atoms with Gasteiger partial charge in [0.05, 0.1) is 6.54 Å². The smallest absolute Gasteiger partial charge is 0.213 e. The Balaban J connectivity index is 1.48. The zero-order valence-corrected chi connectivity index (χ0v) is 17.6. The maximum Gasteiger partial charge on any atom is 0.213 e. The van der Waals surface area contributed by atoms with Crippen molar-refractivity contribution in [2.45, 2.75) is 71.6 Å². The van der Waals surface area contributed by atoms with Gasteiger partial charge in [0.15, 0.2) is 5.96 Å². The van der Waals surface area contributed by atoms with E-state index in [-0.39, 0.29) is 0 Å². The number of nitrogens with one attached hydrogen (secondary N) is 2. The molecule has 0 bridgehead atoms. The highest BCUT2D eigenvalue weighted by Gasteiger charge is 2.15. The summed E-state index contributed by atoms with van der Waals surface area (Å²) in [5.74, 6) is 2.51. The Morgan fingerprint density at radius 3 is 2.79 bits per heavy atom. The molecule has 8 heteroatoms. The lowest BCUT2D eigenvalue weighted by atomic mass is 9.98. The standard InChI is InChI=1S/C21H33N7O/c1-3-19-27-26-16-28(19)13-12-23-21(22-4-2)25-15-17-10-11-20(24-14-17)29-18-8-6-5-7-9-18/h10-11,14,16,18H,3-9,12-13,15H2,1-2H3,(H2,22,23,25). The molecular weight excluding hydrogens is 366 g/mol. The van der Waals surface area contributed by atoms with E-state index in [2.05, 4.69) is 49.2 Å². The van der Waals surface area contributed by atoms with Crippen molar-refractivity contribution in [1.82, 2.24) is 30.4 Å². The lowest BCUT2D eigenvalue weighted by Crippen LogP contribution is -2.38. The van der Waals surface area contributed by atoms with E-state index in [1.807, 2.05) is 18.3 Å². The summed E-state index contributed by atoms with van der Waals surface area (Å²) in [6.45, 7) is 7.08. The number of guanidine groups is 1. The third-order valence-corrected chi connectivity index (χ3v) is 5.06. The fraction of sp³-hybridized carbons (Fsp3) is 0.619. The first-order valence-corrected chi connectivity index (χ1v) is 10.8. The molecule has 2 aromatic heterocycles. The first-order valence-electron chi connectivity index (χ1n) is 10.8. The molecule has 0 radical (unpaired) electrons. The number of hydrogen-bond donors (Lipinski definition) is 2. The zero-order chi connectivity index (χ0) is 20.3. The van der Waals surface area contributed by atoms with Crippen molar-refractivity contribution >= 4 is 5.96 Å². The molecule has 158 valence electrons. The van der Waals surface area contributed by atoms with E-state index in [1.54, 1.807) is 6.33 Å². The van der Waals surface area contributed by atoms with Gasteiger partial charge < -0.3 is 19.9 Å². The minimum atomic E-state index is 0.323. The van der Waals surface area contributed by atoms with Gasteiger partial charge in [-0.2, -0.15) is 0 Å². The van der Waals surface area contributed by atoms with Crippen molar-refractivity contribution < 1.29 is 4.74 Å². The van der Waals surface area contributed by atoms with Crippen LogP contribution in [0.4, 0.5) is 0 Å². The number of aryl methyl sites for hydroxylation is 1. The Hall–Kier alpha value is -2.64. The van der Waals surface area contributed by atoms with Gasteiger partial charge in [0, 0.05) is 38.3 Å². The number of pyridine rings is 1. The highest BCUT2D eigenvalue weighted by atomic mass is 16.5. The van der Waals surface area contributed by atoms with Crippen molar-refractivity contribution in [2.75, 3.05) is 13.1 Å². The molecule has 1 fully saturated rings. The quantitative estimate of drug-likeness (QED) is 0.498. The van der Waals surface area contributed by atoms with Gasteiger partial charge in [-0.25, -0.2) is 9.98 Å². The van der Waals surface area contributed by atoms with Gasteiger partial charge in [0.25, 0.3) is 0 Å². The van der Waals surface area contributed by atoms with E-state index in [4.69, 9.17) is 4.74 Å². The van der Waals surface area contributed by atoms with E-state index in [1.165, 1.54) is 19.3 Å². The van der Waals surface area contributed by atoms with Crippen molar-refractivity contribution in [3.05, 3.63) is 36.0 Å². The van der Waals surface area contributed by atoms with Crippen LogP contribution in [0.15, 0.2) is 29.6 Å². The summed E-state index contributed by atoms with van der Waals surface area (Å²) in [6, 6.07) is 4.00. The first-order chi connectivity index (χ1) is 14.3. The highest BCUT2D eigenvalue weighted by molar-refractivity contribution is 5.79. The number of aliphatic imine (C=N–C) groups is 1. The molecule has 0 unspecified atom stereocenters. The van der Waals surface area contributed by atoms with Gasteiger partial charge in [0.1, 0.15) is 18.3 Å². The van der Waals surface area contributed by atoms with Crippen LogP contribution in [0.2, 0.25) is 0 Å². The molecule has 1 saturated carbocycles. The second kappa shape index (κ2) is 11.4. The Kier molecular flexibility index (Phi) is 8.27. The lowest BCUT2D eigenvalue weighted by Gasteiger charge is -2.22. The minimum absolute atomic E-state index is 0.323. The molecule has 2 N–H and O–H groups in total. The molecule has 2 heterocycles. The van der Waals surface area contributed by atoms with Crippen LogP contribution in [0.5, 0.6) is 5.88 Å². The van der Waals surface area contributed by atoms with E-state index in [0.29, 0.717) is 12.6 Å². The molecule has 2 aromatic rings. The Bertz CT molecular complexity index is 751. The molecule has 3 rings (SSSR count). The van der Waals surface area contributed by atoms with Gasteiger partial charge in [-0.05, 0) is 38.2 Å². The van der Waals surface area contributed by atoms with Gasteiger partial charge in [-0.3, -0.25) is 0 Å². The molecule has 0 amide bonds. The highest BCUT2D eigenvalue weighted by Crippen LogP contribution is 2.22. The van der Waals surface area contributed by atoms with Crippen LogP contribution in [-0.2, 0) is 19.5 Å². The first kappa shape index (κ1) is 21.1. The molecular formula is C21H33N7O. The summed E-state index contributed by atoms with van der Waals surface area (Å²) in [5.41, 5.74) is 1.06. The monoisotopic (exact) mass is 399 g/mol. The largest absolute Gasteiger partial charge is 0.474 e. The number of hydrogen-bond acceptors (Lipinski definition) is 5. The topological polar surface area (TPSA) is 89.3 Å². The average Bonchev–Trinajstić information content (AvgIpc) is 3.21. The van der Waals surface area contributed by atoms with Gasteiger partial charge in [0.2, 0.25) is 5.88 Å². The zero-order valence-electron chi connectivity index (χ0n) is 17.6. The molecule has 29 heavy (non-hydrogen) atoms. The maximum absolute atomic E-state index is 6.00. The van der Waals surface area contributed by atoms with Crippen LogP contribution in [0.25, 0.3) is 0 Å². The predicted octanol–water partition coefficient (Wildman–Crippen LogP) is 2.70. The number of aromatic nitrogens is 4. The van der Waals surface area contributed by atoms with Crippen molar-refractivity contribution in [2.24, 2.45) is 4.99 Å². The average molecular weight is 400 g/mol. The van der Waals surface area contributed by atoms with Crippen LogP contribution in [-0.4, -0.2) is 44.9 Å². The fourth-order valence-electron chi connectivity index (χ4n) is 3.47. The van der Waals surface area contributed by atoms with Crippen molar-refractivity contribution in [3.8, 4) is 5.88 Å². The predicted molar refractivity (Wildman–Crippen MR) is 114 cm³/mol. The Morgan fingerprint density at radius 1 is 1.21 bits per heavy atom. The van der Waals surface area contributed by atoms with Gasteiger partial charge in [-0.1, -0.05) is 19.4 Å². The van der Waals surface area contributed by atoms with Crippen LogP contribution in [0.1, 0.15) is 57.3 Å². The molecule has 0 aromatic carbocycles. The van der Waals surface area contributed by atoms with Gasteiger partial charge >= 0.3 is 0 Å². The van der Waals surface area contributed by atoms with Crippen LogP contribution in [0, 0.1) is 0 Å². The van der Waals surface area contributed by atoms with E-state index in [0.717, 1.165) is 62.1 Å². The molecule has 0 saturated heterocycles. The number of nitrogens with zero attached hydrogens (tertiary/aromatic N) is 5. The van der Waals surface area contributed by atoms with E-state index in [9.17, 15) is 0 Å². The SMILES string of the molecule is CCNC(=NCc1ccc(OC2CCCCC2)nc1)NCCn1cnnc1CC. The Morgan fingerprint density at radius 2 is 2.07 bits per heavy atom. The number of rotatable bonds is 9. The molecule has 1 aliphatic carbocycles. The summed E-state index contributed by atoms with van der Waals surface area (Å²) in [5, 5.41) is 14.7. The molecule has 8 nitrogen and oxygen atoms in total. The second-order valence-corrected chi connectivity index (χ2v) is 7.30. The summed E-state index contributed by atoms with van der Waals surface area (Å²) >= 11 is 0. The summed E-state index contributed by atoms with van der Waals surface area (Å²) < 4.78 is 8.06. The summed E-state index contributed by atoms with van der Waals surface area (Å²) in [4.78, 5) is 9.13. The van der Waals surface area contributed by atoms with Crippen LogP contribution >= 0.6 is 0 Å². The van der Waals surface area contributed by atoms with Crippen molar-refractivity contribution in [1.29, 1.82) is 0 Å². The fourth-order valence-corrected chi connectivity index (χ4v) is 3.47. The lowest BCUT2D eigenvalue weighted by molar-refractivity contribution is 0.148. The molecule has 1 aliphatic rings. The Labute approximate surface area is 173 Å². The van der Waals surface area contributed by atoms with Crippen LogP contribution < -0.4 is 15.4 Å². The summed E-state index contributed by atoms with van der Waals surface area (Å²) in [7, 11) is 0. The van der Waals surface area contributed by atoms with Gasteiger partial charge in [-0.15, -0.1) is 10.2 Å². The maximum atomic E-state index is 6.00. The third kappa shape index (κ3) is 6.73. The molecule has 0 aliphatic heterocycles. The van der Waals surface area contributed by atoms with E-state index < -0.39 is 0 Å². The van der Waals surface area contributed by atoms with Crippen molar-refractivity contribution in [3.63, 3.8) is 0 Å². The second-order valence-electron chi connectivity index (χ2n) is 7.30. The number of ether oxygens (including phenoxy) is 1. The third-order valence-electron chi connectivity index (χ3n) is 5.06. The normalized spacial score (nSPS) is 15.3. The van der Waals surface area contributed by atoms with E-state index >= 15 is 0 Å². The molecule has 0 spiro atoms. The van der Waals surface area contributed by atoms with Crippen LogP contribution in [0.3, 0.4) is 0 Å².